The summed E-state index contributed by atoms with van der Waals surface area (Å²) in [6, 6.07) is 9.61. The molecule has 214 valence electrons. The summed E-state index contributed by atoms with van der Waals surface area (Å²) >= 11 is 0. The molecular weight excluding hydrogens is 548 g/mol. The first-order chi connectivity index (χ1) is 18.3. The van der Waals surface area contributed by atoms with Crippen molar-refractivity contribution in [2.24, 2.45) is 0 Å². The van der Waals surface area contributed by atoms with Crippen molar-refractivity contribution in [2.75, 3.05) is 58.5 Å². The number of sulfonamides is 1. The fourth-order valence-corrected chi connectivity index (χ4v) is 7.61. The van der Waals surface area contributed by atoms with E-state index in [-0.39, 0.29) is 42.9 Å². The number of halogens is 2. The highest BCUT2D eigenvalue weighted by molar-refractivity contribution is 7.92. The number of hydrogen-bond donors (Lipinski definition) is 3. The molecule has 0 aliphatic carbocycles. The van der Waals surface area contributed by atoms with Crippen molar-refractivity contribution in [2.45, 2.75) is 43.9 Å². The number of piperidine rings is 1. The van der Waals surface area contributed by atoms with Crippen LogP contribution in [-0.4, -0.2) is 76.6 Å². The molecule has 1 amide bonds. The van der Waals surface area contributed by atoms with Crippen LogP contribution >= 0.6 is 0 Å². The summed E-state index contributed by atoms with van der Waals surface area (Å²) in [5.41, 5.74) is 0.549. The van der Waals surface area contributed by atoms with Gasteiger partial charge < -0.3 is 20.3 Å². The van der Waals surface area contributed by atoms with E-state index in [0.29, 0.717) is 18.8 Å². The van der Waals surface area contributed by atoms with E-state index >= 15 is 0 Å². The number of carbonyl (C=O) groups excluding carboxylic acids is 1. The number of rotatable bonds is 8. The molecule has 2 aromatic rings. The van der Waals surface area contributed by atoms with Gasteiger partial charge in [-0.3, -0.25) is 14.3 Å². The van der Waals surface area contributed by atoms with Crippen LogP contribution in [-0.2, 0) is 10.0 Å². The number of nitrogens with zero attached hydrogens (tertiary/aromatic N) is 3. The number of carbonyl (C=O) groups is 1. The van der Waals surface area contributed by atoms with E-state index in [1.165, 1.54) is 34.1 Å². The van der Waals surface area contributed by atoms with Crippen LogP contribution < -0.4 is 25.5 Å². The number of benzene rings is 1. The first-order valence-electron chi connectivity index (χ1n) is 13.0. The third-order valence-electron chi connectivity index (χ3n) is 7.29. The normalized spacial score (nSPS) is 19.0. The fourth-order valence-electron chi connectivity index (χ4n) is 4.78. The predicted molar refractivity (Wildman–Crippen MR) is 151 cm³/mol. The Morgan fingerprint density at radius 1 is 1.10 bits per heavy atom. The number of anilines is 3. The Morgan fingerprint density at radius 2 is 1.77 bits per heavy atom. The van der Waals surface area contributed by atoms with Gasteiger partial charge in [-0.05, 0) is 42.4 Å². The lowest BCUT2D eigenvalue weighted by atomic mass is 10.1. The van der Waals surface area contributed by atoms with Gasteiger partial charge in [-0.2, -0.15) is 0 Å². The van der Waals surface area contributed by atoms with Crippen LogP contribution in [0, 0.1) is 0 Å². The van der Waals surface area contributed by atoms with Gasteiger partial charge in [-0.1, -0.05) is 13.1 Å². The second-order valence-electron chi connectivity index (χ2n) is 10.9. The molecule has 2 aliphatic rings. The zero-order valence-electron chi connectivity index (χ0n) is 22.1. The van der Waals surface area contributed by atoms with Gasteiger partial charge in [0.05, 0.1) is 37.4 Å². The van der Waals surface area contributed by atoms with Crippen LogP contribution in [0.5, 0.6) is 0 Å². The zero-order chi connectivity index (χ0) is 28.4. The highest BCUT2D eigenvalue weighted by Crippen LogP contribution is 2.32. The molecule has 0 spiro atoms. The molecule has 3 N–H and O–H groups in total. The van der Waals surface area contributed by atoms with Crippen molar-refractivity contribution in [3.8, 4) is 0 Å². The Morgan fingerprint density at radius 3 is 2.41 bits per heavy atom. The van der Waals surface area contributed by atoms with Gasteiger partial charge in [0.2, 0.25) is 10.0 Å². The number of alkyl halides is 2. The van der Waals surface area contributed by atoms with E-state index in [1.54, 1.807) is 12.1 Å². The molecule has 3 heterocycles. The Kier molecular flexibility index (Phi) is 8.38. The van der Waals surface area contributed by atoms with Crippen LogP contribution in [0.3, 0.4) is 0 Å². The molecule has 14 heteroatoms. The maximum Gasteiger partial charge on any atom is 0.292 e. The Hall–Kier alpha value is -2.97. The van der Waals surface area contributed by atoms with E-state index < -0.39 is 47.8 Å². The summed E-state index contributed by atoms with van der Waals surface area (Å²) in [6.07, 6.45) is 0.770. The second-order valence-corrected chi connectivity index (χ2v) is 18.0. The van der Waals surface area contributed by atoms with Gasteiger partial charge in [0.25, 0.3) is 17.4 Å². The SMILES string of the molecule is C[Si]1(C)CCN(c2cc(NS(=O)(=O)CCO)ccc2C(=O)Nc2cccn(N3CCC(F)(F)CC3)c2=O)CC1. The molecule has 2 saturated heterocycles. The van der Waals surface area contributed by atoms with Crippen LogP contribution in [0.2, 0.25) is 25.2 Å². The number of pyridine rings is 1. The molecule has 0 unspecified atom stereocenters. The summed E-state index contributed by atoms with van der Waals surface area (Å²) in [4.78, 5) is 28.7. The maximum absolute atomic E-state index is 13.6. The quantitative estimate of drug-likeness (QED) is 0.409. The summed E-state index contributed by atoms with van der Waals surface area (Å²) in [7, 11) is -5.12. The van der Waals surface area contributed by atoms with Crippen molar-refractivity contribution >= 4 is 41.1 Å². The van der Waals surface area contributed by atoms with Gasteiger partial charge in [0.1, 0.15) is 5.69 Å². The molecule has 2 aliphatic heterocycles. The molecule has 0 radical (unpaired) electrons. The molecule has 0 atom stereocenters. The summed E-state index contributed by atoms with van der Waals surface area (Å²) in [6.45, 7) is 5.53. The number of aliphatic hydroxyl groups excluding tert-OH is 1. The average Bonchev–Trinajstić information content (AvgIpc) is 2.85. The first kappa shape index (κ1) is 29.0. The average molecular weight is 584 g/mol. The second kappa shape index (κ2) is 11.3. The first-order valence-corrected chi connectivity index (χ1v) is 18.0. The monoisotopic (exact) mass is 583 g/mol. The van der Waals surface area contributed by atoms with Crippen LogP contribution in [0.1, 0.15) is 23.2 Å². The van der Waals surface area contributed by atoms with Crippen molar-refractivity contribution in [3.05, 3.63) is 52.4 Å². The van der Waals surface area contributed by atoms with Crippen LogP contribution in [0.25, 0.3) is 0 Å². The zero-order valence-corrected chi connectivity index (χ0v) is 23.9. The minimum absolute atomic E-state index is 0.00527. The van der Waals surface area contributed by atoms with Crippen LogP contribution in [0.15, 0.2) is 41.3 Å². The predicted octanol–water partition coefficient (Wildman–Crippen LogP) is 2.73. The van der Waals surface area contributed by atoms with Crippen molar-refractivity contribution in [3.63, 3.8) is 0 Å². The molecule has 0 saturated carbocycles. The van der Waals surface area contributed by atoms with E-state index in [4.69, 9.17) is 5.11 Å². The minimum atomic E-state index is -3.77. The van der Waals surface area contributed by atoms with Gasteiger partial charge >= 0.3 is 0 Å². The molecule has 1 aromatic heterocycles. The van der Waals surface area contributed by atoms with Gasteiger partial charge in [-0.25, -0.2) is 21.9 Å². The molecule has 2 fully saturated rings. The van der Waals surface area contributed by atoms with Gasteiger partial charge in [-0.15, -0.1) is 0 Å². The lowest BCUT2D eigenvalue weighted by Crippen LogP contribution is -2.49. The lowest BCUT2D eigenvalue weighted by Gasteiger charge is -2.38. The summed E-state index contributed by atoms with van der Waals surface area (Å²) in [5.74, 6) is -3.76. The number of nitrogens with one attached hydrogen (secondary N) is 2. The van der Waals surface area contributed by atoms with Gasteiger partial charge in [0.15, 0.2) is 0 Å². The largest absolute Gasteiger partial charge is 0.395 e. The van der Waals surface area contributed by atoms with Gasteiger partial charge in [0, 0.05) is 45.2 Å². The Labute approximate surface area is 227 Å². The molecule has 1 aromatic carbocycles. The standard InChI is InChI=1S/C25H35F2N5O5SSi/c1-39(2)16-12-30(13-17-39)22-18-19(29-38(36,37)15-14-33)5-6-20(22)23(34)28-21-4-3-9-32(24(21)35)31-10-7-25(26,27)8-11-31/h3-6,9,18,29,33H,7-8,10-17H2,1-2H3,(H,28,34). The van der Waals surface area contributed by atoms with E-state index in [0.717, 1.165) is 12.1 Å². The summed E-state index contributed by atoms with van der Waals surface area (Å²) < 4.78 is 55.4. The molecule has 0 bridgehead atoms. The fraction of sp³-hybridized carbons (Fsp3) is 0.520. The van der Waals surface area contributed by atoms with Crippen LogP contribution in [0.4, 0.5) is 25.8 Å². The Bertz CT molecular complexity index is 1370. The lowest BCUT2D eigenvalue weighted by molar-refractivity contribution is -0.0260. The highest BCUT2D eigenvalue weighted by Gasteiger charge is 2.35. The number of amides is 1. The third-order valence-corrected chi connectivity index (χ3v) is 11.7. The third kappa shape index (κ3) is 7.16. The van der Waals surface area contributed by atoms with Crippen molar-refractivity contribution in [1.82, 2.24) is 4.68 Å². The topological polar surface area (TPSA) is 124 Å². The number of aromatic nitrogens is 1. The molecule has 39 heavy (non-hydrogen) atoms. The number of aliphatic hydroxyl groups is 1. The molecule has 4 rings (SSSR count). The Balaban J connectivity index is 1.61. The maximum atomic E-state index is 13.6. The van der Waals surface area contributed by atoms with E-state index in [1.807, 2.05) is 4.90 Å². The smallest absolute Gasteiger partial charge is 0.292 e. The number of hydrogen-bond acceptors (Lipinski definition) is 7. The molecular formula is C25H35F2N5O5SSi. The van der Waals surface area contributed by atoms with E-state index in [9.17, 15) is 26.8 Å². The minimum Gasteiger partial charge on any atom is -0.395 e. The summed E-state index contributed by atoms with van der Waals surface area (Å²) in [5, 5.41) is 13.3. The van der Waals surface area contributed by atoms with Crippen molar-refractivity contribution in [1.29, 1.82) is 0 Å². The highest BCUT2D eigenvalue weighted by atomic mass is 32.2. The van der Waals surface area contributed by atoms with E-state index in [2.05, 4.69) is 23.1 Å². The molecule has 10 nitrogen and oxygen atoms in total. The van der Waals surface area contributed by atoms with Crippen molar-refractivity contribution < 1.29 is 27.1 Å².